The molecule has 0 spiro atoms. The largest absolute Gasteiger partial charge is 0.447 e. The van der Waals surface area contributed by atoms with Gasteiger partial charge in [0.05, 0.1) is 4.47 Å². The molecule has 4 nitrogen and oxygen atoms in total. The number of hydrogen-bond acceptors (Lipinski definition) is 4. The van der Waals surface area contributed by atoms with Crippen LogP contribution in [0.15, 0.2) is 38.9 Å². The van der Waals surface area contributed by atoms with Crippen LogP contribution in [-0.4, -0.2) is 21.5 Å². The fraction of sp³-hybridized carbons (Fsp3) is 0.200. The number of benzene rings is 1. The van der Waals surface area contributed by atoms with E-state index in [-0.39, 0.29) is 27.1 Å². The van der Waals surface area contributed by atoms with Gasteiger partial charge in [-0.3, -0.25) is 0 Å². The Hall–Kier alpha value is -1.45. The van der Waals surface area contributed by atoms with Crippen LogP contribution in [-0.2, 0) is 7.05 Å². The average Bonchev–Trinajstić information content (AvgIpc) is 2.76. The number of nitrogens with two attached hydrogens (primary N) is 1. The number of halogens is 5. The zero-order chi connectivity index (χ0) is 18.8. The van der Waals surface area contributed by atoms with Crippen LogP contribution in [0, 0.1) is 6.92 Å². The molecule has 0 fully saturated rings. The highest BCUT2D eigenvalue weighted by atomic mass is 79.9. The summed E-state index contributed by atoms with van der Waals surface area (Å²) in [7, 11) is 1.51. The van der Waals surface area contributed by atoms with E-state index in [9.17, 15) is 13.2 Å². The van der Waals surface area contributed by atoms with E-state index in [0.717, 1.165) is 11.1 Å². The van der Waals surface area contributed by atoms with Gasteiger partial charge < -0.3 is 5.73 Å². The lowest BCUT2D eigenvalue weighted by molar-refractivity contribution is -0.0329. The van der Waals surface area contributed by atoms with Crippen molar-refractivity contribution in [2.24, 2.45) is 17.8 Å². The Balaban J connectivity index is 2.32. The van der Waals surface area contributed by atoms with Gasteiger partial charge >= 0.3 is 5.51 Å². The monoisotopic (exact) mass is 452 g/mol. The molecule has 2 aromatic rings. The highest BCUT2D eigenvalue weighted by molar-refractivity contribution is 9.10. The number of rotatable bonds is 4. The van der Waals surface area contributed by atoms with E-state index in [2.05, 4.69) is 26.0 Å². The van der Waals surface area contributed by atoms with Crippen LogP contribution in [0.4, 0.5) is 19.0 Å². The van der Waals surface area contributed by atoms with Crippen LogP contribution < -0.4 is 5.73 Å². The molecule has 0 atom stereocenters. The second kappa shape index (κ2) is 7.84. The summed E-state index contributed by atoms with van der Waals surface area (Å²) in [5.74, 6) is 0.247. The maximum absolute atomic E-state index is 12.5. The summed E-state index contributed by atoms with van der Waals surface area (Å²) in [4.78, 5) is 4.22. The molecular weight excluding hydrogens is 441 g/mol. The number of thioether (sulfide) groups is 1. The number of allylic oxidation sites excluding steroid dienone is 1. The number of aryl methyl sites for hydroxylation is 2. The molecule has 0 bridgehead atoms. The minimum Gasteiger partial charge on any atom is -0.404 e. The number of alkyl halides is 3. The number of hydrogen-bond donors (Lipinski definition) is 1. The summed E-state index contributed by atoms with van der Waals surface area (Å²) in [5, 5.41) is 4.25. The van der Waals surface area contributed by atoms with Crippen molar-refractivity contribution in [1.29, 1.82) is 0 Å². The first-order valence-electron chi connectivity index (χ1n) is 6.83. The molecule has 2 N–H and O–H groups in total. The first kappa shape index (κ1) is 19.9. The predicted octanol–water partition coefficient (Wildman–Crippen LogP) is 5.46. The second-order valence-corrected chi connectivity index (χ2v) is 7.21. The molecule has 0 aliphatic heterocycles. The van der Waals surface area contributed by atoms with Gasteiger partial charge in [-0.15, -0.1) is 0 Å². The van der Waals surface area contributed by atoms with E-state index in [0.29, 0.717) is 10.6 Å². The maximum atomic E-state index is 12.5. The standard InChI is InChI=1S/C15H13BrClF3N4S/c1-8-5-9(3-4-11(8)17)10(6-21)7-22-13-12(16)14(23-24(13)2)25-15(18,19)20/h3-7H,21H2,1-2H3. The van der Waals surface area contributed by atoms with E-state index >= 15 is 0 Å². The Morgan fingerprint density at radius 1 is 1.44 bits per heavy atom. The lowest BCUT2D eigenvalue weighted by Gasteiger charge is -2.04. The summed E-state index contributed by atoms with van der Waals surface area (Å²) in [6.07, 6.45) is 2.83. The van der Waals surface area contributed by atoms with Gasteiger partial charge in [-0.25, -0.2) is 9.67 Å². The summed E-state index contributed by atoms with van der Waals surface area (Å²) in [6.45, 7) is 1.86. The predicted molar refractivity (Wildman–Crippen MR) is 99.3 cm³/mol. The lowest BCUT2D eigenvalue weighted by Crippen LogP contribution is -2.00. The van der Waals surface area contributed by atoms with Gasteiger partial charge in [0, 0.05) is 41.8 Å². The average molecular weight is 454 g/mol. The van der Waals surface area contributed by atoms with Gasteiger partial charge in [0.15, 0.2) is 5.82 Å². The zero-order valence-corrected chi connectivity index (χ0v) is 16.3. The van der Waals surface area contributed by atoms with Crippen LogP contribution in [0.5, 0.6) is 0 Å². The van der Waals surface area contributed by atoms with Crippen molar-refractivity contribution in [3.63, 3.8) is 0 Å². The second-order valence-electron chi connectivity index (χ2n) is 4.96. The first-order chi connectivity index (χ1) is 11.6. The van der Waals surface area contributed by atoms with E-state index in [1.807, 2.05) is 13.0 Å². The highest BCUT2D eigenvalue weighted by Crippen LogP contribution is 2.42. The van der Waals surface area contributed by atoms with E-state index in [1.165, 1.54) is 24.1 Å². The van der Waals surface area contributed by atoms with Crippen molar-refractivity contribution >= 4 is 56.9 Å². The van der Waals surface area contributed by atoms with Crippen LogP contribution >= 0.6 is 39.3 Å². The van der Waals surface area contributed by atoms with Gasteiger partial charge in [-0.2, -0.15) is 18.3 Å². The van der Waals surface area contributed by atoms with Gasteiger partial charge in [-0.05, 0) is 46.1 Å². The molecule has 1 heterocycles. The molecule has 25 heavy (non-hydrogen) atoms. The Bertz CT molecular complexity index is 846. The molecule has 1 aromatic carbocycles. The Morgan fingerprint density at radius 3 is 2.68 bits per heavy atom. The van der Waals surface area contributed by atoms with Gasteiger partial charge in [0.25, 0.3) is 0 Å². The quantitative estimate of drug-likeness (QED) is 0.494. The van der Waals surface area contributed by atoms with Crippen molar-refractivity contribution in [1.82, 2.24) is 9.78 Å². The molecule has 1 aromatic heterocycles. The van der Waals surface area contributed by atoms with Crippen molar-refractivity contribution in [3.8, 4) is 0 Å². The molecule has 0 radical (unpaired) electrons. The Morgan fingerprint density at radius 2 is 2.12 bits per heavy atom. The highest BCUT2D eigenvalue weighted by Gasteiger charge is 2.33. The summed E-state index contributed by atoms with van der Waals surface area (Å²) in [5.41, 5.74) is 3.48. The number of aliphatic imine (C=N–C) groups is 1. The number of nitrogens with zero attached hydrogens (tertiary/aromatic N) is 3. The van der Waals surface area contributed by atoms with Crippen LogP contribution in [0.1, 0.15) is 11.1 Å². The number of aromatic nitrogens is 2. The third-order valence-corrected chi connectivity index (χ3v) is 5.27. The van der Waals surface area contributed by atoms with E-state index < -0.39 is 5.51 Å². The van der Waals surface area contributed by atoms with Crippen molar-refractivity contribution in [2.75, 3.05) is 0 Å². The fourth-order valence-corrected chi connectivity index (χ4v) is 3.31. The van der Waals surface area contributed by atoms with Crippen molar-refractivity contribution < 1.29 is 13.2 Å². The minimum absolute atomic E-state index is 0.164. The van der Waals surface area contributed by atoms with Crippen molar-refractivity contribution in [2.45, 2.75) is 17.5 Å². The first-order valence-corrected chi connectivity index (χ1v) is 8.82. The SMILES string of the molecule is Cc1cc(C(C=Nc2c(Br)c(SC(F)(F)F)nn2C)=CN)ccc1Cl. The van der Waals surface area contributed by atoms with E-state index in [4.69, 9.17) is 17.3 Å². The van der Waals surface area contributed by atoms with Gasteiger partial charge in [0.1, 0.15) is 5.03 Å². The molecule has 0 aliphatic rings. The molecule has 0 aliphatic carbocycles. The topological polar surface area (TPSA) is 56.2 Å². The molecule has 0 amide bonds. The van der Waals surface area contributed by atoms with Gasteiger partial charge in [-0.1, -0.05) is 17.7 Å². The van der Waals surface area contributed by atoms with Crippen LogP contribution in [0.25, 0.3) is 5.57 Å². The van der Waals surface area contributed by atoms with Gasteiger partial charge in [0.2, 0.25) is 0 Å². The third kappa shape index (κ3) is 5.02. The maximum Gasteiger partial charge on any atom is 0.447 e. The molecule has 0 saturated carbocycles. The molecule has 2 rings (SSSR count). The zero-order valence-electron chi connectivity index (χ0n) is 13.1. The summed E-state index contributed by atoms with van der Waals surface area (Å²) < 4.78 is 39.0. The fourth-order valence-electron chi connectivity index (χ4n) is 1.95. The van der Waals surface area contributed by atoms with Crippen LogP contribution in [0.2, 0.25) is 5.02 Å². The molecule has 10 heteroatoms. The minimum atomic E-state index is -4.43. The van der Waals surface area contributed by atoms with Crippen molar-refractivity contribution in [3.05, 3.63) is 45.0 Å². The third-order valence-electron chi connectivity index (χ3n) is 3.14. The summed E-state index contributed by atoms with van der Waals surface area (Å²) in [6, 6.07) is 5.36. The smallest absolute Gasteiger partial charge is 0.404 e. The Labute approximate surface area is 160 Å². The lowest BCUT2D eigenvalue weighted by atomic mass is 10.1. The summed E-state index contributed by atoms with van der Waals surface area (Å²) >= 11 is 8.82. The molecule has 0 saturated heterocycles. The Kier molecular flexibility index (Phi) is 6.23. The molecule has 0 unspecified atom stereocenters. The molecular formula is C15H13BrClF3N4S. The van der Waals surface area contributed by atoms with Crippen LogP contribution in [0.3, 0.4) is 0 Å². The molecule has 134 valence electrons. The normalized spacial score (nSPS) is 13.0. The van der Waals surface area contributed by atoms with E-state index in [1.54, 1.807) is 12.1 Å².